The van der Waals surface area contributed by atoms with Crippen LogP contribution in [-0.2, 0) is 11.2 Å². The Labute approximate surface area is 190 Å². The standard InChI is InChI=1S/C28H42O3/c1-9-28(30-13-12-23-16-21(6)15-22(7)17-23)31-26-11-10-24(18-27(26)29-8)25(20(4)5)14-19(2)3/h10-11,15-20,25,28H,9,12-14H2,1-8H3. The Kier molecular flexibility index (Phi) is 9.90. The third-order valence-corrected chi connectivity index (χ3v) is 5.71. The lowest BCUT2D eigenvalue weighted by atomic mass is 9.82. The van der Waals surface area contributed by atoms with Crippen molar-refractivity contribution in [2.45, 2.75) is 79.9 Å². The summed E-state index contributed by atoms with van der Waals surface area (Å²) in [5.41, 5.74) is 5.21. The van der Waals surface area contributed by atoms with E-state index in [9.17, 15) is 0 Å². The van der Waals surface area contributed by atoms with Gasteiger partial charge in [-0.2, -0.15) is 0 Å². The van der Waals surface area contributed by atoms with Crippen LogP contribution in [0.4, 0.5) is 0 Å². The molecule has 0 aromatic heterocycles. The first-order chi connectivity index (χ1) is 14.7. The topological polar surface area (TPSA) is 27.7 Å². The maximum atomic E-state index is 6.20. The predicted octanol–water partition coefficient (Wildman–Crippen LogP) is 7.47. The molecular formula is C28H42O3. The Balaban J connectivity index is 2.05. The van der Waals surface area contributed by atoms with Crippen LogP contribution < -0.4 is 9.47 Å². The van der Waals surface area contributed by atoms with Crippen molar-refractivity contribution in [1.29, 1.82) is 0 Å². The number of ether oxygens (including phenoxy) is 3. The first-order valence-corrected chi connectivity index (χ1v) is 11.8. The maximum absolute atomic E-state index is 6.20. The lowest BCUT2D eigenvalue weighted by Crippen LogP contribution is -2.21. The third kappa shape index (κ3) is 7.88. The fourth-order valence-electron chi connectivity index (χ4n) is 4.21. The van der Waals surface area contributed by atoms with Crippen LogP contribution in [0.25, 0.3) is 0 Å². The first kappa shape index (κ1) is 25.3. The van der Waals surface area contributed by atoms with Gasteiger partial charge in [0.15, 0.2) is 17.8 Å². The van der Waals surface area contributed by atoms with E-state index < -0.39 is 0 Å². The lowest BCUT2D eigenvalue weighted by Gasteiger charge is -2.25. The van der Waals surface area contributed by atoms with E-state index in [4.69, 9.17) is 14.2 Å². The van der Waals surface area contributed by atoms with Crippen LogP contribution in [-0.4, -0.2) is 20.0 Å². The molecule has 31 heavy (non-hydrogen) atoms. The molecule has 0 heterocycles. The second-order valence-corrected chi connectivity index (χ2v) is 9.46. The van der Waals surface area contributed by atoms with Gasteiger partial charge in [-0.1, -0.05) is 70.0 Å². The zero-order chi connectivity index (χ0) is 23.0. The number of hydrogen-bond acceptors (Lipinski definition) is 3. The molecule has 0 aliphatic rings. The van der Waals surface area contributed by atoms with Crippen molar-refractivity contribution in [2.24, 2.45) is 11.8 Å². The van der Waals surface area contributed by atoms with E-state index in [1.54, 1.807) is 7.11 Å². The van der Waals surface area contributed by atoms with E-state index >= 15 is 0 Å². The zero-order valence-electron chi connectivity index (χ0n) is 20.8. The summed E-state index contributed by atoms with van der Waals surface area (Å²) in [6.45, 7) is 16.1. The summed E-state index contributed by atoms with van der Waals surface area (Å²) in [5, 5.41) is 0. The molecule has 3 heteroatoms. The second kappa shape index (κ2) is 12.1. The van der Waals surface area contributed by atoms with E-state index in [1.807, 2.05) is 6.07 Å². The minimum atomic E-state index is -0.290. The Bertz CT molecular complexity index is 790. The Morgan fingerprint density at radius 3 is 2.10 bits per heavy atom. The molecule has 0 spiro atoms. The van der Waals surface area contributed by atoms with Gasteiger partial charge >= 0.3 is 0 Å². The molecule has 2 aromatic rings. The SMILES string of the molecule is CCC(OCCc1cc(C)cc(C)c1)Oc1ccc(C(CC(C)C)C(C)C)cc1OC. The number of methoxy groups -OCH3 is 1. The average molecular weight is 427 g/mol. The maximum Gasteiger partial charge on any atom is 0.199 e. The summed E-state index contributed by atoms with van der Waals surface area (Å²) in [6.07, 6.45) is 2.53. The minimum Gasteiger partial charge on any atom is -0.493 e. The fraction of sp³-hybridized carbons (Fsp3) is 0.571. The predicted molar refractivity (Wildman–Crippen MR) is 130 cm³/mol. The van der Waals surface area contributed by atoms with Crippen molar-refractivity contribution >= 4 is 0 Å². The quantitative estimate of drug-likeness (QED) is 0.329. The summed E-state index contributed by atoms with van der Waals surface area (Å²) in [5.74, 6) is 3.28. The molecule has 0 aliphatic carbocycles. The number of rotatable bonds is 12. The minimum absolute atomic E-state index is 0.290. The van der Waals surface area contributed by atoms with Gasteiger partial charge in [-0.15, -0.1) is 0 Å². The molecule has 0 saturated heterocycles. The van der Waals surface area contributed by atoms with E-state index in [1.165, 1.54) is 28.7 Å². The molecule has 0 aliphatic heterocycles. The van der Waals surface area contributed by atoms with E-state index in [0.29, 0.717) is 24.4 Å². The monoisotopic (exact) mass is 426 g/mol. The van der Waals surface area contributed by atoms with Crippen molar-refractivity contribution in [3.05, 3.63) is 58.7 Å². The van der Waals surface area contributed by atoms with Gasteiger partial charge in [-0.05, 0) is 67.7 Å². The van der Waals surface area contributed by atoms with E-state index in [-0.39, 0.29) is 6.29 Å². The van der Waals surface area contributed by atoms with Crippen LogP contribution >= 0.6 is 0 Å². The van der Waals surface area contributed by atoms with Gasteiger partial charge < -0.3 is 14.2 Å². The molecule has 0 saturated carbocycles. The van der Waals surface area contributed by atoms with Gasteiger partial charge in [0.1, 0.15) is 0 Å². The Hall–Kier alpha value is -2.00. The average Bonchev–Trinajstić information content (AvgIpc) is 2.70. The normalized spacial score (nSPS) is 13.5. The van der Waals surface area contributed by atoms with Crippen LogP contribution in [0.3, 0.4) is 0 Å². The van der Waals surface area contributed by atoms with Crippen LogP contribution in [0.5, 0.6) is 11.5 Å². The molecule has 0 N–H and O–H groups in total. The van der Waals surface area contributed by atoms with Gasteiger partial charge in [0, 0.05) is 6.42 Å². The molecule has 2 rings (SSSR count). The first-order valence-electron chi connectivity index (χ1n) is 11.8. The van der Waals surface area contributed by atoms with Gasteiger partial charge in [0.05, 0.1) is 13.7 Å². The number of aryl methyl sites for hydroxylation is 2. The van der Waals surface area contributed by atoms with Gasteiger partial charge in [-0.25, -0.2) is 0 Å². The fourth-order valence-corrected chi connectivity index (χ4v) is 4.21. The Morgan fingerprint density at radius 2 is 1.55 bits per heavy atom. The molecule has 172 valence electrons. The van der Waals surface area contributed by atoms with Gasteiger partial charge in [-0.3, -0.25) is 0 Å². The summed E-state index contributed by atoms with van der Waals surface area (Å²) in [6, 6.07) is 13.0. The lowest BCUT2D eigenvalue weighted by molar-refractivity contribution is -0.0813. The third-order valence-electron chi connectivity index (χ3n) is 5.71. The molecule has 0 fully saturated rings. The summed E-state index contributed by atoms with van der Waals surface area (Å²) < 4.78 is 18.0. The van der Waals surface area contributed by atoms with E-state index in [0.717, 1.165) is 24.3 Å². The molecule has 2 aromatic carbocycles. The highest BCUT2D eigenvalue weighted by Gasteiger charge is 2.20. The molecular weight excluding hydrogens is 384 g/mol. The number of hydrogen-bond donors (Lipinski definition) is 0. The molecule has 2 unspecified atom stereocenters. The van der Waals surface area contributed by atoms with Crippen molar-refractivity contribution in [2.75, 3.05) is 13.7 Å². The van der Waals surface area contributed by atoms with Crippen LogP contribution in [0, 0.1) is 25.7 Å². The van der Waals surface area contributed by atoms with Gasteiger partial charge in [0.2, 0.25) is 0 Å². The summed E-state index contributed by atoms with van der Waals surface area (Å²) in [4.78, 5) is 0. The summed E-state index contributed by atoms with van der Waals surface area (Å²) >= 11 is 0. The Morgan fingerprint density at radius 1 is 0.871 bits per heavy atom. The molecule has 0 bridgehead atoms. The zero-order valence-corrected chi connectivity index (χ0v) is 20.8. The van der Waals surface area contributed by atoms with Crippen molar-refractivity contribution in [1.82, 2.24) is 0 Å². The molecule has 0 radical (unpaired) electrons. The molecule has 0 amide bonds. The highest BCUT2D eigenvalue weighted by atomic mass is 16.7. The molecule has 2 atom stereocenters. The molecule has 3 nitrogen and oxygen atoms in total. The van der Waals surface area contributed by atoms with Crippen LogP contribution in [0.15, 0.2) is 36.4 Å². The highest BCUT2D eigenvalue weighted by Crippen LogP contribution is 2.37. The number of benzene rings is 2. The second-order valence-electron chi connectivity index (χ2n) is 9.46. The smallest absolute Gasteiger partial charge is 0.199 e. The van der Waals surface area contributed by atoms with Crippen molar-refractivity contribution in [3.63, 3.8) is 0 Å². The van der Waals surface area contributed by atoms with Crippen LogP contribution in [0.2, 0.25) is 0 Å². The van der Waals surface area contributed by atoms with E-state index in [2.05, 4.69) is 78.8 Å². The van der Waals surface area contributed by atoms with Crippen LogP contribution in [0.1, 0.15) is 75.6 Å². The summed E-state index contributed by atoms with van der Waals surface area (Å²) in [7, 11) is 1.71. The van der Waals surface area contributed by atoms with Crippen molar-refractivity contribution < 1.29 is 14.2 Å². The van der Waals surface area contributed by atoms with Crippen molar-refractivity contribution in [3.8, 4) is 11.5 Å². The largest absolute Gasteiger partial charge is 0.493 e. The van der Waals surface area contributed by atoms with Gasteiger partial charge in [0.25, 0.3) is 0 Å². The highest BCUT2D eigenvalue weighted by molar-refractivity contribution is 5.44.